The van der Waals surface area contributed by atoms with Crippen molar-refractivity contribution in [3.8, 4) is 0 Å². The van der Waals surface area contributed by atoms with Crippen LogP contribution in [0.2, 0.25) is 0 Å². The molecule has 1 aromatic rings. The molecule has 1 rings (SSSR count). The van der Waals surface area contributed by atoms with Crippen LogP contribution in [0.25, 0.3) is 0 Å². The molecule has 0 radical (unpaired) electrons. The predicted molar refractivity (Wildman–Crippen MR) is 67.7 cm³/mol. The predicted octanol–water partition coefficient (Wildman–Crippen LogP) is 3.03. The lowest BCUT2D eigenvalue weighted by molar-refractivity contribution is 0.161. The van der Waals surface area contributed by atoms with Crippen molar-refractivity contribution < 1.29 is 13.5 Å². The maximum atomic E-state index is 10.3. The van der Waals surface area contributed by atoms with Gasteiger partial charge in [-0.05, 0) is 25.0 Å². The van der Waals surface area contributed by atoms with Gasteiger partial charge in [-0.25, -0.2) is 4.21 Å². The smallest absolute Gasteiger partial charge is 0.179 e. The van der Waals surface area contributed by atoms with E-state index in [0.29, 0.717) is 6.61 Å². The monoisotopic (exact) mass is 244 g/mol. The molecule has 0 fully saturated rings. The lowest BCUT2D eigenvalue weighted by Crippen LogP contribution is -2.02. The average Bonchev–Trinajstić information content (AvgIpc) is 2.24. The molecule has 0 spiro atoms. The SMILES string of the molecule is CC.Cc1ccc(COCS(=O)O)c(C)c1. The van der Waals surface area contributed by atoms with Crippen LogP contribution in [0.15, 0.2) is 18.2 Å². The molecule has 1 aromatic carbocycles. The molecule has 0 aliphatic carbocycles. The summed E-state index contributed by atoms with van der Waals surface area (Å²) in [7, 11) is 0. The molecule has 0 aromatic heterocycles. The zero-order chi connectivity index (χ0) is 12.6. The third-order valence-corrected chi connectivity index (χ3v) is 2.31. The van der Waals surface area contributed by atoms with Crippen LogP contribution in [0, 0.1) is 13.8 Å². The first-order valence-electron chi connectivity index (χ1n) is 5.31. The Bertz CT molecular complexity index is 337. The van der Waals surface area contributed by atoms with E-state index in [2.05, 4.69) is 6.07 Å². The standard InChI is InChI=1S/C10H14O3S.C2H6/c1-8-3-4-10(9(2)5-8)6-13-7-14(11)12;1-2/h3-5H,6-7H2,1-2H3,(H,11,12);1-2H3. The van der Waals surface area contributed by atoms with Gasteiger partial charge in [0.05, 0.1) is 6.61 Å². The van der Waals surface area contributed by atoms with Crippen molar-refractivity contribution in [3.05, 3.63) is 34.9 Å². The Balaban J connectivity index is 0.00000106. The number of ether oxygens (including phenoxy) is 1. The molecule has 0 heterocycles. The molecular weight excluding hydrogens is 224 g/mol. The van der Waals surface area contributed by atoms with Crippen LogP contribution in [0.5, 0.6) is 0 Å². The van der Waals surface area contributed by atoms with E-state index in [0.717, 1.165) is 11.1 Å². The van der Waals surface area contributed by atoms with Gasteiger partial charge in [0.2, 0.25) is 0 Å². The lowest BCUT2D eigenvalue weighted by Gasteiger charge is -2.06. The Kier molecular flexibility index (Phi) is 8.07. The van der Waals surface area contributed by atoms with Crippen molar-refractivity contribution in [3.63, 3.8) is 0 Å². The second-order valence-corrected chi connectivity index (χ2v) is 4.10. The van der Waals surface area contributed by atoms with Crippen LogP contribution >= 0.6 is 0 Å². The van der Waals surface area contributed by atoms with Crippen LogP contribution in [-0.4, -0.2) is 14.7 Å². The fraction of sp³-hybridized carbons (Fsp3) is 0.500. The van der Waals surface area contributed by atoms with E-state index in [1.165, 1.54) is 5.56 Å². The zero-order valence-electron chi connectivity index (χ0n) is 10.3. The zero-order valence-corrected chi connectivity index (χ0v) is 11.1. The molecular formula is C12H20O3S. The van der Waals surface area contributed by atoms with E-state index < -0.39 is 11.1 Å². The molecule has 0 saturated heterocycles. The van der Waals surface area contributed by atoms with E-state index >= 15 is 0 Å². The van der Waals surface area contributed by atoms with E-state index in [-0.39, 0.29) is 5.94 Å². The largest absolute Gasteiger partial charge is 0.361 e. The van der Waals surface area contributed by atoms with Crippen molar-refractivity contribution in [2.45, 2.75) is 34.3 Å². The topological polar surface area (TPSA) is 46.5 Å². The van der Waals surface area contributed by atoms with E-state index in [1.807, 2.05) is 39.8 Å². The first-order chi connectivity index (χ1) is 7.59. The molecule has 16 heavy (non-hydrogen) atoms. The van der Waals surface area contributed by atoms with Crippen LogP contribution in [0.4, 0.5) is 0 Å². The van der Waals surface area contributed by atoms with Crippen LogP contribution in [0.1, 0.15) is 30.5 Å². The van der Waals surface area contributed by atoms with Crippen molar-refractivity contribution in [1.29, 1.82) is 0 Å². The molecule has 0 saturated carbocycles. The van der Waals surface area contributed by atoms with Gasteiger partial charge in [0.15, 0.2) is 11.1 Å². The van der Waals surface area contributed by atoms with Gasteiger partial charge < -0.3 is 9.29 Å². The van der Waals surface area contributed by atoms with Gasteiger partial charge >= 0.3 is 0 Å². The molecule has 0 bridgehead atoms. The average molecular weight is 244 g/mol. The summed E-state index contributed by atoms with van der Waals surface area (Å²) < 4.78 is 23.9. The second-order valence-electron chi connectivity index (χ2n) is 3.22. The Hall–Kier alpha value is -0.710. The van der Waals surface area contributed by atoms with E-state index in [4.69, 9.17) is 9.29 Å². The molecule has 1 N–H and O–H groups in total. The van der Waals surface area contributed by atoms with Crippen molar-refractivity contribution in [2.24, 2.45) is 0 Å². The highest BCUT2D eigenvalue weighted by Gasteiger charge is 1.99. The van der Waals surface area contributed by atoms with Crippen molar-refractivity contribution in [1.82, 2.24) is 0 Å². The summed E-state index contributed by atoms with van der Waals surface area (Å²) in [6.07, 6.45) is 0. The molecule has 4 heteroatoms. The van der Waals surface area contributed by atoms with Crippen LogP contribution in [-0.2, 0) is 22.4 Å². The summed E-state index contributed by atoms with van der Waals surface area (Å²) in [4.78, 5) is 0. The fourth-order valence-electron chi connectivity index (χ4n) is 1.23. The maximum Gasteiger partial charge on any atom is 0.179 e. The fourth-order valence-corrected chi connectivity index (χ4v) is 1.46. The maximum absolute atomic E-state index is 10.3. The van der Waals surface area contributed by atoms with Gasteiger partial charge in [0.1, 0.15) is 5.94 Å². The van der Waals surface area contributed by atoms with Crippen LogP contribution in [0.3, 0.4) is 0 Å². The number of benzene rings is 1. The lowest BCUT2D eigenvalue weighted by atomic mass is 10.1. The highest BCUT2D eigenvalue weighted by molar-refractivity contribution is 7.79. The third-order valence-electron chi connectivity index (χ3n) is 1.94. The quantitative estimate of drug-likeness (QED) is 0.828. The minimum Gasteiger partial charge on any atom is -0.361 e. The second kappa shape index (κ2) is 8.44. The third kappa shape index (κ3) is 6.00. The minimum absolute atomic E-state index is 0.132. The first kappa shape index (κ1) is 15.3. The van der Waals surface area contributed by atoms with Gasteiger partial charge in [-0.1, -0.05) is 37.6 Å². The summed E-state index contributed by atoms with van der Waals surface area (Å²) in [5.74, 6) is -0.132. The van der Waals surface area contributed by atoms with Crippen LogP contribution < -0.4 is 0 Å². The molecule has 0 aliphatic rings. The summed E-state index contributed by atoms with van der Waals surface area (Å²) in [5.41, 5.74) is 3.41. The summed E-state index contributed by atoms with van der Waals surface area (Å²) in [6, 6.07) is 6.04. The van der Waals surface area contributed by atoms with Gasteiger partial charge in [0, 0.05) is 0 Å². The normalized spacial score (nSPS) is 11.6. The molecule has 92 valence electrons. The number of hydrogen-bond acceptors (Lipinski definition) is 2. The minimum atomic E-state index is -1.87. The summed E-state index contributed by atoms with van der Waals surface area (Å²) in [5, 5.41) is 0. The van der Waals surface area contributed by atoms with E-state index in [1.54, 1.807) is 0 Å². The Morgan fingerprint density at radius 3 is 2.44 bits per heavy atom. The van der Waals surface area contributed by atoms with E-state index in [9.17, 15) is 4.21 Å². The highest BCUT2D eigenvalue weighted by Crippen LogP contribution is 2.11. The van der Waals surface area contributed by atoms with Gasteiger partial charge in [-0.2, -0.15) is 0 Å². The number of aryl methyl sites for hydroxylation is 2. The van der Waals surface area contributed by atoms with Gasteiger partial charge in [0.25, 0.3) is 0 Å². The van der Waals surface area contributed by atoms with Gasteiger partial charge in [-0.3, -0.25) is 0 Å². The Morgan fingerprint density at radius 1 is 1.31 bits per heavy atom. The van der Waals surface area contributed by atoms with Crippen molar-refractivity contribution >= 4 is 11.1 Å². The van der Waals surface area contributed by atoms with Crippen molar-refractivity contribution in [2.75, 3.05) is 5.94 Å². The molecule has 1 atom stereocenters. The molecule has 1 unspecified atom stereocenters. The number of hydrogen-bond donors (Lipinski definition) is 1. The first-order valence-corrected chi connectivity index (χ1v) is 6.58. The molecule has 0 amide bonds. The summed E-state index contributed by atoms with van der Waals surface area (Å²) in [6.45, 7) is 8.42. The Labute approximate surface area is 100 Å². The Morgan fingerprint density at radius 2 is 1.94 bits per heavy atom. The molecule has 0 aliphatic heterocycles. The van der Waals surface area contributed by atoms with Gasteiger partial charge in [-0.15, -0.1) is 0 Å². The number of rotatable bonds is 4. The molecule has 3 nitrogen and oxygen atoms in total. The highest BCUT2D eigenvalue weighted by atomic mass is 32.2. The summed E-state index contributed by atoms with van der Waals surface area (Å²) >= 11 is -1.87.